The van der Waals surface area contributed by atoms with E-state index in [2.05, 4.69) is 21.9 Å². The maximum atomic E-state index is 12.7. The summed E-state index contributed by atoms with van der Waals surface area (Å²) in [4.78, 5) is 4.50. The first-order valence-electron chi connectivity index (χ1n) is 8.75. The smallest absolute Gasteiger partial charge is 0.262 e. The summed E-state index contributed by atoms with van der Waals surface area (Å²) in [6, 6.07) is 6.83. The summed E-state index contributed by atoms with van der Waals surface area (Å²) in [6.07, 6.45) is 4.94. The summed E-state index contributed by atoms with van der Waals surface area (Å²) in [5.74, 6) is 1.40. The van der Waals surface area contributed by atoms with Crippen molar-refractivity contribution in [2.75, 3.05) is 23.7 Å². The van der Waals surface area contributed by atoms with E-state index >= 15 is 0 Å². The topological polar surface area (TPSA) is 80.3 Å². The number of hydrogen-bond acceptors (Lipinski definition) is 5. The van der Waals surface area contributed by atoms with Crippen molar-refractivity contribution in [1.82, 2.24) is 4.98 Å². The highest BCUT2D eigenvalue weighted by molar-refractivity contribution is 7.92. The summed E-state index contributed by atoms with van der Waals surface area (Å²) < 4.78 is 33.2. The van der Waals surface area contributed by atoms with Crippen LogP contribution in [0, 0.1) is 13.8 Å². The highest BCUT2D eigenvalue weighted by Crippen LogP contribution is 2.27. The van der Waals surface area contributed by atoms with Crippen molar-refractivity contribution < 1.29 is 13.2 Å². The molecule has 0 aliphatic carbocycles. The summed E-state index contributed by atoms with van der Waals surface area (Å²) in [6.45, 7) is 6.58. The third kappa shape index (κ3) is 5.11. The van der Waals surface area contributed by atoms with E-state index in [1.165, 1.54) is 19.0 Å². The zero-order valence-corrected chi connectivity index (χ0v) is 16.6. The standard InChI is InChI=1S/C19H27N3O3S/c1-5-6-7-10-20-19-9-8-16(13-21-19)22-26(23,24)18-12-14(2)17(25-4)11-15(18)3/h8-9,11-13,22H,5-7,10H2,1-4H3,(H,20,21). The molecule has 26 heavy (non-hydrogen) atoms. The van der Waals surface area contributed by atoms with Crippen LogP contribution in [0.15, 0.2) is 35.4 Å². The van der Waals surface area contributed by atoms with E-state index in [4.69, 9.17) is 4.74 Å². The lowest BCUT2D eigenvalue weighted by Crippen LogP contribution is -2.15. The average Bonchev–Trinajstić information content (AvgIpc) is 2.61. The number of anilines is 2. The van der Waals surface area contributed by atoms with E-state index in [0.717, 1.165) is 24.3 Å². The van der Waals surface area contributed by atoms with Crippen molar-refractivity contribution in [2.24, 2.45) is 0 Å². The zero-order valence-electron chi connectivity index (χ0n) is 15.8. The maximum Gasteiger partial charge on any atom is 0.262 e. The second-order valence-corrected chi connectivity index (χ2v) is 7.91. The maximum absolute atomic E-state index is 12.7. The van der Waals surface area contributed by atoms with Crippen LogP contribution in [0.25, 0.3) is 0 Å². The molecule has 7 heteroatoms. The quantitative estimate of drug-likeness (QED) is 0.643. The normalized spacial score (nSPS) is 11.2. The number of nitrogens with zero attached hydrogens (tertiary/aromatic N) is 1. The largest absolute Gasteiger partial charge is 0.496 e. The second-order valence-electron chi connectivity index (χ2n) is 6.26. The van der Waals surface area contributed by atoms with Gasteiger partial charge in [-0.1, -0.05) is 19.8 Å². The Labute approximate surface area is 156 Å². The van der Waals surface area contributed by atoms with Crippen LogP contribution in [0.4, 0.5) is 11.5 Å². The third-order valence-electron chi connectivity index (χ3n) is 4.08. The van der Waals surface area contributed by atoms with E-state index in [9.17, 15) is 8.42 Å². The molecule has 1 aromatic heterocycles. The first-order chi connectivity index (χ1) is 12.4. The average molecular weight is 378 g/mol. The minimum Gasteiger partial charge on any atom is -0.496 e. The molecule has 2 rings (SSSR count). The fraction of sp³-hybridized carbons (Fsp3) is 0.421. The Balaban J connectivity index is 2.11. The van der Waals surface area contributed by atoms with E-state index in [1.54, 1.807) is 38.3 Å². The van der Waals surface area contributed by atoms with Crippen LogP contribution in [0.2, 0.25) is 0 Å². The molecular formula is C19H27N3O3S. The molecule has 0 bridgehead atoms. The van der Waals surface area contributed by atoms with Gasteiger partial charge in [0.1, 0.15) is 11.6 Å². The molecule has 6 nitrogen and oxygen atoms in total. The van der Waals surface area contributed by atoms with Crippen LogP contribution in [0.3, 0.4) is 0 Å². The van der Waals surface area contributed by atoms with E-state index in [1.807, 2.05) is 6.92 Å². The lowest BCUT2D eigenvalue weighted by Gasteiger charge is -2.13. The predicted molar refractivity (Wildman–Crippen MR) is 106 cm³/mol. The number of benzene rings is 1. The highest BCUT2D eigenvalue weighted by Gasteiger charge is 2.19. The van der Waals surface area contributed by atoms with Crippen molar-refractivity contribution in [2.45, 2.75) is 44.9 Å². The third-order valence-corrected chi connectivity index (χ3v) is 5.61. The minimum atomic E-state index is -3.69. The van der Waals surface area contributed by atoms with E-state index < -0.39 is 10.0 Å². The number of rotatable bonds is 9. The number of methoxy groups -OCH3 is 1. The number of unbranched alkanes of at least 4 members (excludes halogenated alkanes) is 2. The van der Waals surface area contributed by atoms with E-state index in [0.29, 0.717) is 17.0 Å². The molecule has 0 unspecified atom stereocenters. The van der Waals surface area contributed by atoms with Crippen LogP contribution in [-0.2, 0) is 10.0 Å². The van der Waals surface area contributed by atoms with Crippen molar-refractivity contribution in [3.63, 3.8) is 0 Å². The van der Waals surface area contributed by atoms with Crippen molar-refractivity contribution in [1.29, 1.82) is 0 Å². The molecule has 1 heterocycles. The summed E-state index contributed by atoms with van der Waals surface area (Å²) in [5, 5.41) is 3.23. The second kappa shape index (κ2) is 8.89. The van der Waals surface area contributed by atoms with Crippen molar-refractivity contribution in [3.8, 4) is 5.75 Å². The number of aromatic nitrogens is 1. The molecule has 0 amide bonds. The van der Waals surface area contributed by atoms with Gasteiger partial charge in [0.15, 0.2) is 0 Å². The molecule has 0 fully saturated rings. The molecule has 0 aliphatic heterocycles. The molecule has 142 valence electrons. The molecule has 2 aromatic rings. The molecular weight excluding hydrogens is 350 g/mol. The van der Waals surface area contributed by atoms with Gasteiger partial charge in [0.25, 0.3) is 10.0 Å². The SMILES string of the molecule is CCCCCNc1ccc(NS(=O)(=O)c2cc(C)c(OC)cc2C)cn1. The molecule has 0 saturated heterocycles. The molecule has 0 aliphatic rings. The number of nitrogens with one attached hydrogen (secondary N) is 2. The van der Waals surface area contributed by atoms with Gasteiger partial charge in [0.2, 0.25) is 0 Å². The van der Waals surface area contributed by atoms with Gasteiger partial charge in [-0.2, -0.15) is 0 Å². The van der Waals surface area contributed by atoms with Crippen LogP contribution in [0.1, 0.15) is 37.3 Å². The molecule has 0 saturated carbocycles. The van der Waals surface area contributed by atoms with Gasteiger partial charge in [-0.05, 0) is 55.7 Å². The van der Waals surface area contributed by atoms with Crippen LogP contribution in [0.5, 0.6) is 5.75 Å². The van der Waals surface area contributed by atoms with Gasteiger partial charge >= 0.3 is 0 Å². The van der Waals surface area contributed by atoms with Gasteiger partial charge in [-0.3, -0.25) is 4.72 Å². The molecule has 0 spiro atoms. The number of sulfonamides is 1. The molecule has 2 N–H and O–H groups in total. The Hall–Kier alpha value is -2.28. The van der Waals surface area contributed by atoms with Crippen LogP contribution in [-0.4, -0.2) is 27.1 Å². The number of aryl methyl sites for hydroxylation is 2. The van der Waals surface area contributed by atoms with Gasteiger partial charge < -0.3 is 10.1 Å². The lowest BCUT2D eigenvalue weighted by atomic mass is 10.1. The monoisotopic (exact) mass is 377 g/mol. The Bertz CT molecular complexity index is 834. The Morgan fingerprint density at radius 3 is 2.50 bits per heavy atom. The fourth-order valence-corrected chi connectivity index (χ4v) is 3.99. The van der Waals surface area contributed by atoms with E-state index in [-0.39, 0.29) is 4.90 Å². The first-order valence-corrected chi connectivity index (χ1v) is 10.2. The molecule has 0 atom stereocenters. The minimum absolute atomic E-state index is 0.234. The van der Waals surface area contributed by atoms with Gasteiger partial charge in [-0.25, -0.2) is 13.4 Å². The van der Waals surface area contributed by atoms with Crippen LogP contribution >= 0.6 is 0 Å². The summed E-state index contributed by atoms with van der Waals surface area (Å²) in [7, 11) is -2.13. The predicted octanol–water partition coefficient (Wildman–Crippen LogP) is 4.11. The first kappa shape index (κ1) is 20.0. The number of ether oxygens (including phenoxy) is 1. The van der Waals surface area contributed by atoms with Gasteiger partial charge in [0.05, 0.1) is 23.9 Å². The van der Waals surface area contributed by atoms with Gasteiger partial charge in [0, 0.05) is 6.54 Å². The fourth-order valence-electron chi connectivity index (χ4n) is 2.63. The Morgan fingerprint density at radius 1 is 1.12 bits per heavy atom. The summed E-state index contributed by atoms with van der Waals surface area (Å²) in [5.41, 5.74) is 1.82. The van der Waals surface area contributed by atoms with Crippen LogP contribution < -0.4 is 14.8 Å². The zero-order chi connectivity index (χ0) is 19.2. The number of pyridine rings is 1. The number of hydrogen-bond donors (Lipinski definition) is 2. The van der Waals surface area contributed by atoms with Crippen molar-refractivity contribution >= 4 is 21.5 Å². The lowest BCUT2D eigenvalue weighted by molar-refractivity contribution is 0.411. The summed E-state index contributed by atoms with van der Waals surface area (Å²) >= 11 is 0. The Morgan fingerprint density at radius 2 is 1.88 bits per heavy atom. The molecule has 1 aromatic carbocycles. The van der Waals surface area contributed by atoms with Gasteiger partial charge in [-0.15, -0.1) is 0 Å². The Kier molecular flexibility index (Phi) is 6.85. The van der Waals surface area contributed by atoms with Crippen molar-refractivity contribution in [3.05, 3.63) is 41.6 Å². The molecule has 0 radical (unpaired) electrons. The highest BCUT2D eigenvalue weighted by atomic mass is 32.2.